The van der Waals surface area contributed by atoms with Crippen LogP contribution >= 0.6 is 23.2 Å². The van der Waals surface area contributed by atoms with Crippen molar-refractivity contribution in [2.45, 2.75) is 25.1 Å². The van der Waals surface area contributed by atoms with Gasteiger partial charge in [0.25, 0.3) is 0 Å². The average Bonchev–Trinajstić information content (AvgIpc) is 2.87. The highest BCUT2D eigenvalue weighted by atomic mass is 35.5. The number of halogens is 5. The van der Waals surface area contributed by atoms with Gasteiger partial charge >= 0.3 is 12.3 Å². The molecule has 1 atom stereocenters. The molecule has 0 amide bonds. The summed E-state index contributed by atoms with van der Waals surface area (Å²) in [6.07, 6.45) is -4.64. The zero-order valence-corrected chi connectivity index (χ0v) is 16.3. The molecule has 0 radical (unpaired) electrons. The Morgan fingerprint density at radius 3 is 2.38 bits per heavy atom. The van der Waals surface area contributed by atoms with Crippen LogP contribution in [0.2, 0.25) is 10.0 Å². The standard InChI is InChI=1S/C19H13Cl2F3O5/c1-18(10-2-4-11(5-3-10)29-19(22,23)24)7-9-6-12(28-8-13(25)26)15(20)16(21)14(9)17(18)27/h2-6H,7-8H2,1H3,(H,25,26). The number of aliphatic carboxylic acids is 1. The van der Waals surface area contributed by atoms with Crippen molar-refractivity contribution < 1.29 is 37.3 Å². The lowest BCUT2D eigenvalue weighted by Crippen LogP contribution is -2.29. The van der Waals surface area contributed by atoms with E-state index < -0.39 is 30.1 Å². The van der Waals surface area contributed by atoms with Crippen LogP contribution in [0.5, 0.6) is 11.5 Å². The molecule has 0 bridgehead atoms. The summed E-state index contributed by atoms with van der Waals surface area (Å²) in [6.45, 7) is 0.998. The molecule has 0 aromatic heterocycles. The van der Waals surface area contributed by atoms with Gasteiger partial charge in [-0.15, -0.1) is 13.2 Å². The number of benzene rings is 2. The van der Waals surface area contributed by atoms with Gasteiger partial charge in [-0.1, -0.05) is 35.3 Å². The number of hydrogen-bond donors (Lipinski definition) is 1. The van der Waals surface area contributed by atoms with Gasteiger partial charge in [0, 0.05) is 5.56 Å². The fourth-order valence-corrected chi connectivity index (χ4v) is 3.78. The Bertz CT molecular complexity index is 989. The number of hydrogen-bond acceptors (Lipinski definition) is 4. The smallest absolute Gasteiger partial charge is 0.480 e. The highest BCUT2D eigenvalue weighted by Gasteiger charge is 2.45. The monoisotopic (exact) mass is 448 g/mol. The minimum atomic E-state index is -4.82. The van der Waals surface area contributed by atoms with Crippen molar-refractivity contribution in [2.24, 2.45) is 0 Å². The summed E-state index contributed by atoms with van der Waals surface area (Å²) < 4.78 is 46.0. The van der Waals surface area contributed by atoms with Crippen molar-refractivity contribution in [3.8, 4) is 11.5 Å². The maximum absolute atomic E-state index is 13.1. The Morgan fingerprint density at radius 1 is 1.21 bits per heavy atom. The topological polar surface area (TPSA) is 72.8 Å². The Balaban J connectivity index is 1.94. The van der Waals surface area contributed by atoms with Crippen molar-refractivity contribution >= 4 is 35.0 Å². The number of carboxylic acid groups (broad SMARTS) is 1. The molecule has 3 rings (SSSR count). The molecule has 2 aromatic carbocycles. The second kappa shape index (κ2) is 7.42. The molecular weight excluding hydrogens is 436 g/mol. The highest BCUT2D eigenvalue weighted by molar-refractivity contribution is 6.45. The van der Waals surface area contributed by atoms with E-state index in [1.165, 1.54) is 18.2 Å². The Morgan fingerprint density at radius 2 is 1.83 bits per heavy atom. The predicted molar refractivity (Wildman–Crippen MR) is 98.1 cm³/mol. The van der Waals surface area contributed by atoms with E-state index in [4.69, 9.17) is 33.0 Å². The Labute approximate surface area is 172 Å². The summed E-state index contributed by atoms with van der Waals surface area (Å²) in [7, 11) is 0. The molecule has 2 aromatic rings. The van der Waals surface area contributed by atoms with Crippen molar-refractivity contribution in [1.82, 2.24) is 0 Å². The molecule has 1 N–H and O–H groups in total. The van der Waals surface area contributed by atoms with Crippen LogP contribution in [0.15, 0.2) is 30.3 Å². The SMILES string of the molecule is CC1(c2ccc(OC(F)(F)F)cc2)Cc2cc(OCC(=O)O)c(Cl)c(Cl)c2C1=O. The Hall–Kier alpha value is -2.45. The van der Waals surface area contributed by atoms with E-state index in [0.717, 1.165) is 12.1 Å². The zero-order valence-electron chi connectivity index (χ0n) is 14.8. The molecule has 0 spiro atoms. The number of fused-ring (bicyclic) bond motifs is 1. The summed E-state index contributed by atoms with van der Waals surface area (Å²) in [5, 5.41) is 8.61. The third-order valence-corrected chi connectivity index (χ3v) is 5.45. The summed E-state index contributed by atoms with van der Waals surface area (Å²) in [5.74, 6) is -1.93. The predicted octanol–water partition coefficient (Wildman–Crippen LogP) is 5.05. The van der Waals surface area contributed by atoms with Gasteiger partial charge < -0.3 is 14.6 Å². The van der Waals surface area contributed by atoms with Crippen LogP contribution in [0.25, 0.3) is 0 Å². The number of rotatable bonds is 5. The first kappa shape index (κ1) is 21.3. The van der Waals surface area contributed by atoms with Crippen LogP contribution in [0.1, 0.15) is 28.4 Å². The molecule has 1 aliphatic rings. The lowest BCUT2D eigenvalue weighted by atomic mass is 9.79. The first-order chi connectivity index (χ1) is 13.4. The molecule has 0 aliphatic heterocycles. The van der Waals surface area contributed by atoms with E-state index in [1.807, 2.05) is 0 Å². The van der Waals surface area contributed by atoms with Crippen LogP contribution < -0.4 is 9.47 Å². The second-order valence-corrected chi connectivity index (χ2v) is 7.39. The number of carbonyl (C=O) groups excluding carboxylic acids is 1. The lowest BCUT2D eigenvalue weighted by molar-refractivity contribution is -0.274. The molecule has 0 saturated heterocycles. The molecule has 0 saturated carbocycles. The van der Waals surface area contributed by atoms with E-state index in [0.29, 0.717) is 11.1 Å². The summed E-state index contributed by atoms with van der Waals surface area (Å²) in [5.41, 5.74) is 0.0473. The summed E-state index contributed by atoms with van der Waals surface area (Å²) in [6, 6.07) is 6.46. The zero-order chi connectivity index (χ0) is 21.6. The molecule has 5 nitrogen and oxygen atoms in total. The largest absolute Gasteiger partial charge is 0.573 e. The summed E-state index contributed by atoms with van der Waals surface area (Å²) >= 11 is 12.4. The van der Waals surface area contributed by atoms with Gasteiger partial charge in [-0.2, -0.15) is 0 Å². The van der Waals surface area contributed by atoms with E-state index in [1.54, 1.807) is 6.92 Å². The van der Waals surface area contributed by atoms with Gasteiger partial charge in [0.15, 0.2) is 12.4 Å². The van der Waals surface area contributed by atoms with E-state index in [-0.39, 0.29) is 33.6 Å². The van der Waals surface area contributed by atoms with Gasteiger partial charge in [0.05, 0.1) is 10.4 Å². The fourth-order valence-electron chi connectivity index (χ4n) is 3.28. The van der Waals surface area contributed by atoms with Crippen LogP contribution in [-0.2, 0) is 16.6 Å². The molecule has 1 unspecified atom stereocenters. The fraction of sp³-hybridized carbons (Fsp3) is 0.263. The van der Waals surface area contributed by atoms with E-state index >= 15 is 0 Å². The second-order valence-electron chi connectivity index (χ2n) is 6.63. The lowest BCUT2D eigenvalue weighted by Gasteiger charge is -2.23. The number of Topliss-reactive ketones (excluding diaryl/α,β-unsaturated/α-hetero) is 1. The number of ether oxygens (including phenoxy) is 2. The van der Waals surface area contributed by atoms with Gasteiger partial charge in [-0.25, -0.2) is 4.79 Å². The molecule has 0 fully saturated rings. The van der Waals surface area contributed by atoms with Crippen molar-refractivity contribution in [3.05, 3.63) is 57.1 Å². The van der Waals surface area contributed by atoms with Gasteiger partial charge in [-0.3, -0.25) is 4.79 Å². The maximum atomic E-state index is 13.1. The average molecular weight is 449 g/mol. The molecule has 0 heterocycles. The number of carbonyl (C=O) groups is 2. The normalized spacial score (nSPS) is 18.5. The van der Waals surface area contributed by atoms with Gasteiger partial charge in [0.2, 0.25) is 0 Å². The molecular formula is C19H13Cl2F3O5. The van der Waals surface area contributed by atoms with Crippen molar-refractivity contribution in [2.75, 3.05) is 6.61 Å². The highest BCUT2D eigenvalue weighted by Crippen LogP contribution is 2.47. The third-order valence-electron chi connectivity index (χ3n) is 4.60. The first-order valence-corrected chi connectivity index (χ1v) is 8.94. The van der Waals surface area contributed by atoms with Crippen molar-refractivity contribution in [1.29, 1.82) is 0 Å². The molecule has 29 heavy (non-hydrogen) atoms. The molecule has 154 valence electrons. The van der Waals surface area contributed by atoms with E-state index in [2.05, 4.69) is 4.74 Å². The van der Waals surface area contributed by atoms with Crippen molar-refractivity contribution in [3.63, 3.8) is 0 Å². The number of carboxylic acids is 1. The quantitative estimate of drug-likeness (QED) is 0.692. The molecule has 10 heteroatoms. The Kier molecular flexibility index (Phi) is 5.44. The van der Waals surface area contributed by atoms with Crippen LogP contribution in [0.3, 0.4) is 0 Å². The van der Waals surface area contributed by atoms with Crippen LogP contribution in [0, 0.1) is 0 Å². The van der Waals surface area contributed by atoms with Crippen LogP contribution in [-0.4, -0.2) is 29.8 Å². The van der Waals surface area contributed by atoms with Gasteiger partial charge in [0.1, 0.15) is 16.5 Å². The van der Waals surface area contributed by atoms with Crippen LogP contribution in [0.4, 0.5) is 13.2 Å². The summed E-state index contributed by atoms with van der Waals surface area (Å²) in [4.78, 5) is 23.8. The van der Waals surface area contributed by atoms with Gasteiger partial charge in [-0.05, 0) is 42.7 Å². The minimum absolute atomic E-state index is 0.0313. The number of ketones is 1. The maximum Gasteiger partial charge on any atom is 0.573 e. The van der Waals surface area contributed by atoms with E-state index in [9.17, 15) is 22.8 Å². The molecule has 1 aliphatic carbocycles. The third kappa shape index (κ3) is 4.13. The first-order valence-electron chi connectivity index (χ1n) is 8.19. The number of alkyl halides is 3. The minimum Gasteiger partial charge on any atom is -0.480 e.